The van der Waals surface area contributed by atoms with Gasteiger partial charge < -0.3 is 10.6 Å². The molecule has 0 spiro atoms. The molecule has 0 saturated carbocycles. The highest BCUT2D eigenvalue weighted by Gasteiger charge is 2.00. The molecule has 0 radical (unpaired) electrons. The third kappa shape index (κ3) is 4.90. The summed E-state index contributed by atoms with van der Waals surface area (Å²) in [5.74, 6) is -0.311. The van der Waals surface area contributed by atoms with Gasteiger partial charge in [0.2, 0.25) is 11.8 Å². The van der Waals surface area contributed by atoms with Crippen molar-refractivity contribution in [2.75, 3.05) is 5.32 Å². The molecule has 2 amide bonds. The smallest absolute Gasteiger partial charge is 0.244 e. The van der Waals surface area contributed by atoms with E-state index >= 15 is 0 Å². The number of carbonyl (C=O) groups excluding carboxylic acids is 2. The zero-order valence-electron chi connectivity index (χ0n) is 12.5. The summed E-state index contributed by atoms with van der Waals surface area (Å²) in [6.07, 6.45) is 6.67. The van der Waals surface area contributed by atoms with Gasteiger partial charge in [0, 0.05) is 44.0 Å². The van der Waals surface area contributed by atoms with E-state index < -0.39 is 0 Å². The number of nitrogens with zero attached hydrogens (tertiary/aromatic N) is 2. The highest BCUT2D eigenvalue weighted by Crippen LogP contribution is 2.10. The first-order valence-corrected chi connectivity index (χ1v) is 6.84. The van der Waals surface area contributed by atoms with Gasteiger partial charge in [0.25, 0.3) is 0 Å². The van der Waals surface area contributed by atoms with Crippen molar-refractivity contribution in [2.24, 2.45) is 7.05 Å². The molecule has 22 heavy (non-hydrogen) atoms. The number of nitrogens with one attached hydrogen (secondary N) is 2. The molecule has 0 saturated heterocycles. The Morgan fingerprint density at radius 1 is 1.36 bits per heavy atom. The molecule has 0 atom stereocenters. The number of benzene rings is 1. The highest BCUT2D eigenvalue weighted by molar-refractivity contribution is 5.91. The van der Waals surface area contributed by atoms with Crippen molar-refractivity contribution in [3.05, 3.63) is 53.9 Å². The lowest BCUT2D eigenvalue weighted by Gasteiger charge is -2.06. The fourth-order valence-corrected chi connectivity index (χ4v) is 1.91. The molecule has 2 aromatic rings. The monoisotopic (exact) mass is 298 g/mol. The molecular weight excluding hydrogens is 280 g/mol. The summed E-state index contributed by atoms with van der Waals surface area (Å²) in [5.41, 5.74) is 2.49. The Kier molecular flexibility index (Phi) is 5.08. The Labute approximate surface area is 128 Å². The average Bonchev–Trinajstić information content (AvgIpc) is 2.88. The van der Waals surface area contributed by atoms with Gasteiger partial charge in [-0.15, -0.1) is 0 Å². The van der Waals surface area contributed by atoms with Gasteiger partial charge in [-0.05, 0) is 23.8 Å². The number of rotatable bonds is 5. The maximum Gasteiger partial charge on any atom is 0.244 e. The molecule has 2 rings (SSSR count). The van der Waals surface area contributed by atoms with Gasteiger partial charge in [-0.25, -0.2) is 0 Å². The maximum atomic E-state index is 11.8. The van der Waals surface area contributed by atoms with Gasteiger partial charge in [-0.1, -0.05) is 12.1 Å². The number of anilines is 1. The van der Waals surface area contributed by atoms with Crippen molar-refractivity contribution in [3.63, 3.8) is 0 Å². The van der Waals surface area contributed by atoms with E-state index in [1.54, 1.807) is 23.0 Å². The molecule has 1 aromatic heterocycles. The van der Waals surface area contributed by atoms with E-state index in [0.29, 0.717) is 12.2 Å². The first kappa shape index (κ1) is 15.5. The molecule has 1 aromatic carbocycles. The number of carbonyl (C=O) groups is 2. The van der Waals surface area contributed by atoms with Crippen LogP contribution in [-0.2, 0) is 23.2 Å². The summed E-state index contributed by atoms with van der Waals surface area (Å²) in [4.78, 5) is 22.8. The zero-order valence-corrected chi connectivity index (χ0v) is 12.5. The van der Waals surface area contributed by atoms with Crippen LogP contribution in [0.4, 0.5) is 5.69 Å². The first-order valence-electron chi connectivity index (χ1n) is 6.84. The van der Waals surface area contributed by atoms with Crippen LogP contribution >= 0.6 is 0 Å². The summed E-state index contributed by atoms with van der Waals surface area (Å²) >= 11 is 0. The van der Waals surface area contributed by atoms with Gasteiger partial charge in [0.05, 0.1) is 6.20 Å². The Morgan fingerprint density at radius 2 is 2.18 bits per heavy atom. The Bertz CT molecular complexity index is 704. The molecule has 1 heterocycles. The number of amides is 2. The molecule has 6 heteroatoms. The fraction of sp³-hybridized carbons (Fsp3) is 0.188. The molecule has 0 aliphatic heterocycles. The molecule has 0 fully saturated rings. The second kappa shape index (κ2) is 7.21. The normalized spacial score (nSPS) is 10.6. The van der Waals surface area contributed by atoms with Gasteiger partial charge in [0.15, 0.2) is 0 Å². The summed E-state index contributed by atoms with van der Waals surface area (Å²) in [7, 11) is 1.82. The van der Waals surface area contributed by atoms with Crippen LogP contribution < -0.4 is 10.6 Å². The minimum Gasteiger partial charge on any atom is -0.348 e. The predicted octanol–water partition coefficient (Wildman–Crippen LogP) is 1.71. The van der Waals surface area contributed by atoms with E-state index in [-0.39, 0.29) is 11.8 Å². The van der Waals surface area contributed by atoms with E-state index in [9.17, 15) is 9.59 Å². The topological polar surface area (TPSA) is 76.0 Å². The molecule has 0 bridgehead atoms. The van der Waals surface area contributed by atoms with Crippen LogP contribution in [0, 0.1) is 0 Å². The second-order valence-corrected chi connectivity index (χ2v) is 4.88. The Hall–Kier alpha value is -2.89. The SMILES string of the molecule is CC(=O)Nc1cccc(CNC(=O)/C=C/c2cnn(C)c2)c1. The van der Waals surface area contributed by atoms with Crippen LogP contribution in [0.1, 0.15) is 18.1 Å². The first-order chi connectivity index (χ1) is 10.5. The largest absolute Gasteiger partial charge is 0.348 e. The molecular formula is C16H18N4O2. The zero-order chi connectivity index (χ0) is 15.9. The van der Waals surface area contributed by atoms with Crippen molar-refractivity contribution in [1.29, 1.82) is 0 Å². The van der Waals surface area contributed by atoms with Crippen molar-refractivity contribution in [1.82, 2.24) is 15.1 Å². The number of aromatic nitrogens is 2. The lowest BCUT2D eigenvalue weighted by Crippen LogP contribution is -2.20. The molecule has 2 N–H and O–H groups in total. The summed E-state index contributed by atoms with van der Waals surface area (Å²) in [5, 5.41) is 9.52. The molecule has 0 aliphatic carbocycles. The molecule has 114 valence electrons. The fourth-order valence-electron chi connectivity index (χ4n) is 1.91. The van der Waals surface area contributed by atoms with Crippen molar-refractivity contribution < 1.29 is 9.59 Å². The second-order valence-electron chi connectivity index (χ2n) is 4.88. The van der Waals surface area contributed by atoms with E-state index in [4.69, 9.17) is 0 Å². The molecule has 0 aliphatic rings. The quantitative estimate of drug-likeness (QED) is 0.825. The van der Waals surface area contributed by atoms with Crippen LogP contribution in [0.5, 0.6) is 0 Å². The van der Waals surface area contributed by atoms with Crippen LogP contribution in [0.25, 0.3) is 6.08 Å². The van der Waals surface area contributed by atoms with Gasteiger partial charge in [-0.2, -0.15) is 5.10 Å². The molecule has 0 unspecified atom stereocenters. The van der Waals surface area contributed by atoms with E-state index in [0.717, 1.165) is 11.1 Å². The lowest BCUT2D eigenvalue weighted by atomic mass is 10.2. The minimum atomic E-state index is -0.186. The number of aryl methyl sites for hydroxylation is 1. The van der Waals surface area contributed by atoms with Crippen LogP contribution in [0.15, 0.2) is 42.7 Å². The van der Waals surface area contributed by atoms with Crippen LogP contribution in [-0.4, -0.2) is 21.6 Å². The Morgan fingerprint density at radius 3 is 2.86 bits per heavy atom. The van der Waals surface area contributed by atoms with Gasteiger partial charge >= 0.3 is 0 Å². The highest BCUT2D eigenvalue weighted by atomic mass is 16.2. The standard InChI is InChI=1S/C16H18N4O2/c1-12(21)19-15-5-3-4-13(8-15)9-17-16(22)7-6-14-10-18-20(2)11-14/h3-8,10-11H,9H2,1-2H3,(H,17,22)(H,19,21)/b7-6+. The third-order valence-corrected chi connectivity index (χ3v) is 2.87. The average molecular weight is 298 g/mol. The van der Waals surface area contributed by atoms with E-state index in [2.05, 4.69) is 15.7 Å². The van der Waals surface area contributed by atoms with Crippen molar-refractivity contribution in [2.45, 2.75) is 13.5 Å². The van der Waals surface area contributed by atoms with Gasteiger partial charge in [0.1, 0.15) is 0 Å². The van der Waals surface area contributed by atoms with Crippen LogP contribution in [0.2, 0.25) is 0 Å². The Balaban J connectivity index is 1.88. The summed E-state index contributed by atoms with van der Waals surface area (Å²) in [6.45, 7) is 1.85. The van der Waals surface area contributed by atoms with E-state index in [1.807, 2.05) is 31.4 Å². The maximum absolute atomic E-state index is 11.8. The minimum absolute atomic E-state index is 0.124. The van der Waals surface area contributed by atoms with Crippen LogP contribution in [0.3, 0.4) is 0 Å². The van der Waals surface area contributed by atoms with Crippen molar-refractivity contribution in [3.8, 4) is 0 Å². The predicted molar refractivity (Wildman–Crippen MR) is 84.8 cm³/mol. The third-order valence-electron chi connectivity index (χ3n) is 2.87. The van der Waals surface area contributed by atoms with Gasteiger partial charge in [-0.3, -0.25) is 14.3 Å². The van der Waals surface area contributed by atoms with Crippen molar-refractivity contribution >= 4 is 23.6 Å². The van der Waals surface area contributed by atoms with E-state index in [1.165, 1.54) is 13.0 Å². The lowest BCUT2D eigenvalue weighted by molar-refractivity contribution is -0.116. The molecule has 6 nitrogen and oxygen atoms in total. The summed E-state index contributed by atoms with van der Waals surface area (Å²) < 4.78 is 1.67. The number of hydrogen-bond donors (Lipinski definition) is 2. The number of hydrogen-bond acceptors (Lipinski definition) is 3. The summed E-state index contributed by atoms with van der Waals surface area (Å²) in [6, 6.07) is 7.34.